The van der Waals surface area contributed by atoms with Crippen molar-refractivity contribution in [3.63, 3.8) is 0 Å². The Labute approximate surface area is 172 Å². The first-order valence-electron chi connectivity index (χ1n) is 8.47. The van der Waals surface area contributed by atoms with Crippen molar-refractivity contribution in [2.24, 2.45) is 4.99 Å². The Bertz CT molecular complexity index is 1100. The molecule has 0 radical (unpaired) electrons. The van der Waals surface area contributed by atoms with E-state index in [1.54, 1.807) is 36.4 Å². The Balaban J connectivity index is 1.84. The second-order valence-corrected chi connectivity index (χ2v) is 7.00. The largest absolute Gasteiger partial charge is 0.508 e. The van der Waals surface area contributed by atoms with Crippen LogP contribution < -0.4 is 4.90 Å². The van der Waals surface area contributed by atoms with Crippen LogP contribution >= 0.6 is 23.2 Å². The third-order valence-electron chi connectivity index (χ3n) is 4.26. The fourth-order valence-electron chi connectivity index (χ4n) is 2.90. The van der Waals surface area contributed by atoms with Gasteiger partial charge in [-0.05, 0) is 60.2 Å². The Morgan fingerprint density at radius 1 is 0.893 bits per heavy atom. The van der Waals surface area contributed by atoms with E-state index in [2.05, 4.69) is 4.99 Å². The SMILES string of the molecule is O=C1/C(=C\c2ccc(Cl)cc2)N=C(c2ccccc2Cl)N1c1ccc(O)cc1. The number of anilines is 1. The summed E-state index contributed by atoms with van der Waals surface area (Å²) in [5, 5.41) is 10.7. The Morgan fingerprint density at radius 3 is 2.25 bits per heavy atom. The fourth-order valence-corrected chi connectivity index (χ4v) is 3.24. The van der Waals surface area contributed by atoms with Crippen molar-refractivity contribution in [2.45, 2.75) is 0 Å². The van der Waals surface area contributed by atoms with Crippen LogP contribution in [0.25, 0.3) is 6.08 Å². The molecule has 0 fully saturated rings. The molecule has 4 nitrogen and oxygen atoms in total. The van der Waals surface area contributed by atoms with Gasteiger partial charge >= 0.3 is 0 Å². The molecule has 3 aromatic carbocycles. The molecule has 0 aliphatic carbocycles. The highest BCUT2D eigenvalue weighted by Gasteiger charge is 2.33. The number of hydrogen-bond donors (Lipinski definition) is 1. The van der Waals surface area contributed by atoms with Crippen LogP contribution in [0.1, 0.15) is 11.1 Å². The molecule has 138 valence electrons. The molecular weight excluding hydrogens is 395 g/mol. The summed E-state index contributed by atoms with van der Waals surface area (Å²) in [7, 11) is 0. The molecule has 1 amide bonds. The van der Waals surface area contributed by atoms with E-state index in [0.717, 1.165) is 5.56 Å². The average Bonchev–Trinajstić information content (AvgIpc) is 3.01. The van der Waals surface area contributed by atoms with Crippen molar-refractivity contribution in [3.05, 3.63) is 99.7 Å². The molecule has 3 aromatic rings. The van der Waals surface area contributed by atoms with Gasteiger partial charge in [0.2, 0.25) is 0 Å². The smallest absolute Gasteiger partial charge is 0.282 e. The molecule has 0 atom stereocenters. The highest BCUT2D eigenvalue weighted by Crippen LogP contribution is 2.31. The van der Waals surface area contributed by atoms with Crippen molar-refractivity contribution in [1.82, 2.24) is 0 Å². The number of carbonyl (C=O) groups is 1. The van der Waals surface area contributed by atoms with Gasteiger partial charge in [-0.2, -0.15) is 0 Å². The number of phenols is 1. The van der Waals surface area contributed by atoms with E-state index in [-0.39, 0.29) is 17.4 Å². The van der Waals surface area contributed by atoms with Gasteiger partial charge in [-0.15, -0.1) is 0 Å². The monoisotopic (exact) mass is 408 g/mol. The predicted octanol–water partition coefficient (Wildman–Crippen LogP) is 5.53. The lowest BCUT2D eigenvalue weighted by Gasteiger charge is -2.19. The van der Waals surface area contributed by atoms with Crippen molar-refractivity contribution in [1.29, 1.82) is 0 Å². The van der Waals surface area contributed by atoms with Crippen LogP contribution in [0.3, 0.4) is 0 Å². The Hall–Kier alpha value is -3.08. The molecule has 1 N–H and O–H groups in total. The van der Waals surface area contributed by atoms with E-state index in [0.29, 0.717) is 27.1 Å². The zero-order valence-corrected chi connectivity index (χ0v) is 16.0. The van der Waals surface area contributed by atoms with Crippen LogP contribution in [-0.4, -0.2) is 16.8 Å². The first kappa shape index (κ1) is 18.3. The lowest BCUT2D eigenvalue weighted by Crippen LogP contribution is -2.32. The highest BCUT2D eigenvalue weighted by molar-refractivity contribution is 6.39. The van der Waals surface area contributed by atoms with E-state index in [4.69, 9.17) is 23.2 Å². The number of halogens is 2. The molecule has 0 aromatic heterocycles. The van der Waals surface area contributed by atoms with Crippen LogP contribution in [0.15, 0.2) is 83.5 Å². The molecule has 0 spiro atoms. The van der Waals surface area contributed by atoms with Crippen molar-refractivity contribution in [2.75, 3.05) is 4.90 Å². The summed E-state index contributed by atoms with van der Waals surface area (Å²) in [6.07, 6.45) is 1.70. The minimum atomic E-state index is -0.282. The molecule has 6 heteroatoms. The van der Waals surface area contributed by atoms with E-state index < -0.39 is 0 Å². The van der Waals surface area contributed by atoms with Gasteiger partial charge in [0, 0.05) is 10.6 Å². The van der Waals surface area contributed by atoms with E-state index in [1.165, 1.54) is 17.0 Å². The second kappa shape index (κ2) is 7.50. The zero-order chi connectivity index (χ0) is 19.7. The van der Waals surface area contributed by atoms with Crippen LogP contribution in [0.2, 0.25) is 10.0 Å². The van der Waals surface area contributed by atoms with Gasteiger partial charge < -0.3 is 5.11 Å². The standard InChI is InChI=1S/C22H14Cl2N2O2/c23-15-7-5-14(6-8-15)13-20-22(28)26(16-9-11-17(27)12-10-16)21(25-20)18-3-1-2-4-19(18)24/h1-13,27H/b20-13+. The highest BCUT2D eigenvalue weighted by atomic mass is 35.5. The quantitative estimate of drug-likeness (QED) is 0.578. The third-order valence-corrected chi connectivity index (χ3v) is 4.84. The number of amides is 1. The topological polar surface area (TPSA) is 52.9 Å². The van der Waals surface area contributed by atoms with Crippen LogP contribution in [0, 0.1) is 0 Å². The van der Waals surface area contributed by atoms with Gasteiger partial charge in [-0.25, -0.2) is 4.99 Å². The summed E-state index contributed by atoms with van der Waals surface area (Å²) in [5.74, 6) is 0.264. The number of benzene rings is 3. The Kier molecular flexibility index (Phi) is 4.90. The number of amidine groups is 1. The minimum Gasteiger partial charge on any atom is -0.508 e. The summed E-state index contributed by atoms with van der Waals surface area (Å²) in [6, 6.07) is 20.7. The third kappa shape index (κ3) is 3.52. The minimum absolute atomic E-state index is 0.114. The molecular formula is C22H14Cl2N2O2. The summed E-state index contributed by atoms with van der Waals surface area (Å²) in [4.78, 5) is 19.2. The van der Waals surface area contributed by atoms with Crippen molar-refractivity contribution < 1.29 is 9.90 Å². The average molecular weight is 409 g/mol. The molecule has 0 saturated carbocycles. The summed E-state index contributed by atoms with van der Waals surface area (Å²) >= 11 is 12.3. The van der Waals surface area contributed by atoms with Gasteiger partial charge in [0.05, 0.1) is 10.7 Å². The maximum atomic E-state index is 13.2. The number of aliphatic imine (C=N–C) groups is 1. The van der Waals surface area contributed by atoms with Crippen molar-refractivity contribution >= 4 is 46.7 Å². The fraction of sp³-hybridized carbons (Fsp3) is 0. The Morgan fingerprint density at radius 2 is 1.57 bits per heavy atom. The van der Waals surface area contributed by atoms with Gasteiger partial charge in [0.1, 0.15) is 17.3 Å². The predicted molar refractivity (Wildman–Crippen MR) is 113 cm³/mol. The van der Waals surface area contributed by atoms with Crippen LogP contribution in [0.5, 0.6) is 5.75 Å². The maximum Gasteiger partial charge on any atom is 0.282 e. The number of aromatic hydroxyl groups is 1. The zero-order valence-electron chi connectivity index (χ0n) is 14.5. The van der Waals surface area contributed by atoms with E-state index in [1.807, 2.05) is 30.3 Å². The maximum absolute atomic E-state index is 13.2. The van der Waals surface area contributed by atoms with Crippen LogP contribution in [-0.2, 0) is 4.79 Å². The molecule has 1 heterocycles. The lowest BCUT2D eigenvalue weighted by molar-refractivity contribution is -0.113. The van der Waals surface area contributed by atoms with E-state index >= 15 is 0 Å². The van der Waals surface area contributed by atoms with Gasteiger partial charge in [-0.3, -0.25) is 9.69 Å². The summed E-state index contributed by atoms with van der Waals surface area (Å²) < 4.78 is 0. The van der Waals surface area contributed by atoms with Crippen LogP contribution in [0.4, 0.5) is 5.69 Å². The molecule has 0 saturated heterocycles. The lowest BCUT2D eigenvalue weighted by atomic mass is 10.1. The normalized spacial score (nSPS) is 15.2. The molecule has 1 aliphatic heterocycles. The van der Waals surface area contributed by atoms with Gasteiger partial charge in [0.25, 0.3) is 5.91 Å². The molecule has 0 bridgehead atoms. The van der Waals surface area contributed by atoms with Crippen molar-refractivity contribution in [3.8, 4) is 5.75 Å². The first-order chi connectivity index (χ1) is 13.5. The number of hydrogen-bond acceptors (Lipinski definition) is 3. The summed E-state index contributed by atoms with van der Waals surface area (Å²) in [5.41, 5.74) is 2.32. The number of nitrogens with zero attached hydrogens (tertiary/aromatic N) is 2. The first-order valence-corrected chi connectivity index (χ1v) is 9.23. The number of phenolic OH excluding ortho intramolecular Hbond substituents is 1. The molecule has 1 aliphatic rings. The summed E-state index contributed by atoms with van der Waals surface area (Å²) in [6.45, 7) is 0. The van der Waals surface area contributed by atoms with E-state index in [9.17, 15) is 9.90 Å². The molecule has 4 rings (SSSR count). The second-order valence-electron chi connectivity index (χ2n) is 6.15. The molecule has 0 unspecified atom stereocenters. The number of rotatable bonds is 3. The van der Waals surface area contributed by atoms with Gasteiger partial charge in [0.15, 0.2) is 0 Å². The number of carbonyl (C=O) groups excluding carboxylic acids is 1. The van der Waals surface area contributed by atoms with Gasteiger partial charge in [-0.1, -0.05) is 47.5 Å². The molecule has 28 heavy (non-hydrogen) atoms.